The fourth-order valence-electron chi connectivity index (χ4n) is 4.25. The number of benzene rings is 5. The zero-order valence-electron chi connectivity index (χ0n) is 19.7. The summed E-state index contributed by atoms with van der Waals surface area (Å²) in [4.78, 5) is 13.1. The molecule has 0 heterocycles. The van der Waals surface area contributed by atoms with Crippen LogP contribution in [0.25, 0.3) is 10.8 Å². The average Bonchev–Trinajstić information content (AvgIpc) is 2.94. The Kier molecular flexibility index (Phi) is 7.14. The molecule has 0 aromatic heterocycles. The van der Waals surface area contributed by atoms with Crippen molar-refractivity contribution >= 4 is 22.9 Å². The van der Waals surface area contributed by atoms with E-state index in [1.807, 2.05) is 97.1 Å². The van der Waals surface area contributed by atoms with Crippen LogP contribution in [-0.2, 0) is 11.4 Å². The summed E-state index contributed by atoms with van der Waals surface area (Å²) in [5.74, 6) is 0.158. The molecule has 0 fully saturated rings. The van der Waals surface area contributed by atoms with Crippen LogP contribution in [0.1, 0.15) is 28.2 Å². The number of carbonyl (C=O) groups excluding carboxylic acids is 1. The lowest BCUT2D eigenvalue weighted by molar-refractivity contribution is -0.121. The Bertz CT molecular complexity index is 1420. The largest absolute Gasteiger partial charge is 0.489 e. The molecule has 36 heavy (non-hydrogen) atoms. The van der Waals surface area contributed by atoms with Crippen LogP contribution >= 0.6 is 0 Å². The zero-order chi connectivity index (χ0) is 24.6. The van der Waals surface area contributed by atoms with Crippen molar-refractivity contribution in [2.24, 2.45) is 5.10 Å². The van der Waals surface area contributed by atoms with Gasteiger partial charge in [0.15, 0.2) is 0 Å². The van der Waals surface area contributed by atoms with E-state index in [0.717, 1.165) is 28.0 Å². The van der Waals surface area contributed by atoms with Crippen LogP contribution in [0.2, 0.25) is 0 Å². The standard InChI is InChI=1S/C32H26N2O2/c35-32(31(26-11-3-1-4-12-26)27-13-5-2-6-14-27)34-33-22-24-18-20-29(21-19-24)36-23-28-16-9-15-25-10-7-8-17-30(25)28/h1-22,31H,23H2,(H,34,35)/b33-22+. The molecule has 0 aliphatic rings. The molecule has 1 N–H and O–H groups in total. The summed E-state index contributed by atoms with van der Waals surface area (Å²) < 4.78 is 6.01. The minimum Gasteiger partial charge on any atom is -0.489 e. The highest BCUT2D eigenvalue weighted by atomic mass is 16.5. The first kappa shape index (κ1) is 23.1. The van der Waals surface area contributed by atoms with Gasteiger partial charge in [-0.3, -0.25) is 4.79 Å². The van der Waals surface area contributed by atoms with Crippen molar-refractivity contribution in [2.75, 3.05) is 0 Å². The summed E-state index contributed by atoms with van der Waals surface area (Å²) in [6, 6.07) is 41.6. The van der Waals surface area contributed by atoms with Crippen LogP contribution in [0.5, 0.6) is 5.75 Å². The minimum atomic E-state index is -0.436. The third kappa shape index (κ3) is 5.50. The van der Waals surface area contributed by atoms with Gasteiger partial charge in [0.05, 0.1) is 12.1 Å². The fraction of sp³-hybridized carbons (Fsp3) is 0.0625. The first-order valence-electron chi connectivity index (χ1n) is 11.9. The van der Waals surface area contributed by atoms with Crippen LogP contribution in [0.15, 0.2) is 132 Å². The highest BCUT2D eigenvalue weighted by molar-refractivity contribution is 5.89. The predicted molar refractivity (Wildman–Crippen MR) is 145 cm³/mol. The van der Waals surface area contributed by atoms with Gasteiger partial charge >= 0.3 is 0 Å². The molecule has 0 saturated carbocycles. The number of hydrogen-bond acceptors (Lipinski definition) is 3. The van der Waals surface area contributed by atoms with Gasteiger partial charge in [-0.15, -0.1) is 0 Å². The maximum atomic E-state index is 13.1. The van der Waals surface area contributed by atoms with Crippen molar-refractivity contribution in [2.45, 2.75) is 12.5 Å². The normalized spacial score (nSPS) is 11.1. The van der Waals surface area contributed by atoms with Gasteiger partial charge in [0.1, 0.15) is 12.4 Å². The van der Waals surface area contributed by atoms with Gasteiger partial charge in [0, 0.05) is 0 Å². The molecule has 176 valence electrons. The van der Waals surface area contributed by atoms with Gasteiger partial charge in [-0.25, -0.2) is 5.43 Å². The molecule has 0 radical (unpaired) electrons. The van der Waals surface area contributed by atoms with E-state index in [1.165, 1.54) is 10.8 Å². The Hall–Kier alpha value is -4.70. The number of nitrogens with zero attached hydrogens (tertiary/aromatic N) is 1. The molecule has 5 rings (SSSR count). The van der Waals surface area contributed by atoms with E-state index in [9.17, 15) is 4.79 Å². The van der Waals surface area contributed by atoms with Crippen molar-refractivity contribution in [3.05, 3.63) is 150 Å². The molecule has 1 amide bonds. The predicted octanol–water partition coefficient (Wildman–Crippen LogP) is 6.70. The molecule has 4 nitrogen and oxygen atoms in total. The quantitative estimate of drug-likeness (QED) is 0.203. The lowest BCUT2D eigenvalue weighted by Gasteiger charge is -2.16. The highest BCUT2D eigenvalue weighted by Crippen LogP contribution is 2.25. The average molecular weight is 471 g/mol. The summed E-state index contributed by atoms with van der Waals surface area (Å²) in [7, 11) is 0. The second-order valence-corrected chi connectivity index (χ2v) is 8.48. The summed E-state index contributed by atoms with van der Waals surface area (Å²) in [5.41, 5.74) is 6.56. The minimum absolute atomic E-state index is 0.182. The molecule has 0 saturated heterocycles. The van der Waals surface area contributed by atoms with Crippen molar-refractivity contribution in [3.8, 4) is 5.75 Å². The maximum absolute atomic E-state index is 13.1. The number of hydrazone groups is 1. The highest BCUT2D eigenvalue weighted by Gasteiger charge is 2.22. The lowest BCUT2D eigenvalue weighted by atomic mass is 9.91. The fourth-order valence-corrected chi connectivity index (χ4v) is 4.25. The van der Waals surface area contributed by atoms with Gasteiger partial charge in [0.2, 0.25) is 0 Å². The number of hydrogen-bond donors (Lipinski definition) is 1. The number of ether oxygens (including phenoxy) is 1. The molecule has 0 aliphatic carbocycles. The smallest absolute Gasteiger partial charge is 0.252 e. The van der Waals surface area contributed by atoms with E-state index < -0.39 is 5.92 Å². The third-order valence-corrected chi connectivity index (χ3v) is 6.07. The van der Waals surface area contributed by atoms with Crippen molar-refractivity contribution in [3.63, 3.8) is 0 Å². The molecule has 0 spiro atoms. The molecule has 0 unspecified atom stereocenters. The van der Waals surface area contributed by atoms with Crippen molar-refractivity contribution < 1.29 is 9.53 Å². The van der Waals surface area contributed by atoms with E-state index in [1.54, 1.807) is 6.21 Å². The van der Waals surface area contributed by atoms with Gasteiger partial charge in [-0.05, 0) is 57.3 Å². The summed E-state index contributed by atoms with van der Waals surface area (Å²) in [6.07, 6.45) is 1.64. The molecule has 5 aromatic carbocycles. The zero-order valence-corrected chi connectivity index (χ0v) is 19.7. The topological polar surface area (TPSA) is 50.7 Å². The number of amides is 1. The first-order chi connectivity index (χ1) is 17.8. The molecular weight excluding hydrogens is 444 g/mol. The lowest BCUT2D eigenvalue weighted by Crippen LogP contribution is -2.26. The van der Waals surface area contributed by atoms with Gasteiger partial charge in [-0.1, -0.05) is 103 Å². The maximum Gasteiger partial charge on any atom is 0.252 e. The Labute approximate surface area is 210 Å². The van der Waals surface area contributed by atoms with E-state index in [-0.39, 0.29) is 5.91 Å². The van der Waals surface area contributed by atoms with E-state index in [2.05, 4.69) is 40.9 Å². The summed E-state index contributed by atoms with van der Waals surface area (Å²) in [5, 5.41) is 6.61. The summed E-state index contributed by atoms with van der Waals surface area (Å²) in [6.45, 7) is 0.491. The van der Waals surface area contributed by atoms with Gasteiger partial charge in [0.25, 0.3) is 5.91 Å². The van der Waals surface area contributed by atoms with Crippen molar-refractivity contribution in [1.29, 1.82) is 0 Å². The third-order valence-electron chi connectivity index (χ3n) is 6.07. The second kappa shape index (κ2) is 11.2. The van der Waals surface area contributed by atoms with E-state index >= 15 is 0 Å². The van der Waals surface area contributed by atoms with Crippen molar-refractivity contribution in [1.82, 2.24) is 5.43 Å². The van der Waals surface area contributed by atoms with Crippen LogP contribution in [-0.4, -0.2) is 12.1 Å². The Balaban J connectivity index is 1.22. The molecular formula is C32H26N2O2. The van der Waals surface area contributed by atoms with E-state index in [4.69, 9.17) is 4.74 Å². The first-order valence-corrected chi connectivity index (χ1v) is 11.9. The Morgan fingerprint density at radius 2 is 1.33 bits per heavy atom. The SMILES string of the molecule is O=C(N/N=C/c1ccc(OCc2cccc3ccccc23)cc1)C(c1ccccc1)c1ccccc1. The molecule has 0 aliphatic heterocycles. The monoisotopic (exact) mass is 470 g/mol. The van der Waals surface area contributed by atoms with Crippen LogP contribution in [0, 0.1) is 0 Å². The van der Waals surface area contributed by atoms with Crippen LogP contribution in [0.4, 0.5) is 0 Å². The second-order valence-electron chi connectivity index (χ2n) is 8.48. The molecule has 0 atom stereocenters. The number of fused-ring (bicyclic) bond motifs is 1. The molecule has 0 bridgehead atoms. The molecule has 4 heteroatoms. The summed E-state index contributed by atoms with van der Waals surface area (Å²) >= 11 is 0. The Morgan fingerprint density at radius 3 is 2.03 bits per heavy atom. The number of carbonyl (C=O) groups is 1. The van der Waals surface area contributed by atoms with Gasteiger partial charge < -0.3 is 4.74 Å². The molecule has 5 aromatic rings. The number of nitrogens with one attached hydrogen (secondary N) is 1. The van der Waals surface area contributed by atoms with Gasteiger partial charge in [-0.2, -0.15) is 5.10 Å². The van der Waals surface area contributed by atoms with E-state index in [0.29, 0.717) is 6.61 Å². The number of rotatable bonds is 8. The van der Waals surface area contributed by atoms with Crippen LogP contribution < -0.4 is 10.2 Å². The van der Waals surface area contributed by atoms with Crippen LogP contribution in [0.3, 0.4) is 0 Å². The Morgan fingerprint density at radius 1 is 0.722 bits per heavy atom.